The molecule has 2 aromatic heterocycles. The second kappa shape index (κ2) is 20.9. The number of imidazole rings is 2. The number of carbonyl (C=O) groups excluding carboxylic acids is 2. The van der Waals surface area contributed by atoms with E-state index in [0.29, 0.717) is 24.2 Å². The lowest BCUT2D eigenvalue weighted by molar-refractivity contribution is -0.105. The summed E-state index contributed by atoms with van der Waals surface area (Å²) in [6, 6.07) is 4.55. The number of carboxylic acids is 2. The van der Waals surface area contributed by atoms with Crippen molar-refractivity contribution >= 4 is 53.2 Å². The van der Waals surface area contributed by atoms with Crippen LogP contribution in [0.25, 0.3) is 11.6 Å². The summed E-state index contributed by atoms with van der Waals surface area (Å²) in [5.74, 6) is -3.03. The first kappa shape index (κ1) is 41.7. The van der Waals surface area contributed by atoms with E-state index in [1.54, 1.807) is 46.6 Å². The Bertz CT molecular complexity index is 1850. The fourth-order valence-electron chi connectivity index (χ4n) is 4.06. The molecule has 4 rings (SSSR count). The molecule has 280 valence electrons. The highest BCUT2D eigenvalue weighted by molar-refractivity contribution is 5.95. The summed E-state index contributed by atoms with van der Waals surface area (Å²) in [5, 5.41) is 26.3. The van der Waals surface area contributed by atoms with Crippen molar-refractivity contribution in [2.24, 2.45) is 22.9 Å². The number of nitrogens with one attached hydrogen (secondary N) is 3. The van der Waals surface area contributed by atoms with E-state index in [1.165, 1.54) is 50.5 Å². The molecule has 0 fully saturated rings. The summed E-state index contributed by atoms with van der Waals surface area (Å²) in [4.78, 5) is 50.1. The molecule has 0 saturated carbocycles. The number of aromatic carboxylic acids is 2. The first-order valence-corrected chi connectivity index (χ1v) is 15.2. The van der Waals surface area contributed by atoms with Crippen molar-refractivity contribution in [3.63, 3.8) is 0 Å². The van der Waals surface area contributed by atoms with Crippen molar-refractivity contribution in [2.45, 2.75) is 6.42 Å². The molecule has 17 nitrogen and oxygen atoms in total. The van der Waals surface area contributed by atoms with Crippen LogP contribution < -0.4 is 38.9 Å². The van der Waals surface area contributed by atoms with Gasteiger partial charge in [0.2, 0.25) is 0 Å². The van der Waals surface area contributed by atoms with Gasteiger partial charge in [0, 0.05) is 51.1 Å². The summed E-state index contributed by atoms with van der Waals surface area (Å²) >= 11 is 0. The molecule has 0 aliphatic heterocycles. The minimum atomic E-state index is -1.26. The zero-order valence-electron chi connectivity index (χ0n) is 28.5. The topological polar surface area (TPSA) is 285 Å². The summed E-state index contributed by atoms with van der Waals surface area (Å²) < 4.78 is 31.4. The van der Waals surface area contributed by atoms with E-state index in [1.807, 2.05) is 0 Å². The van der Waals surface area contributed by atoms with Crippen LogP contribution in [0.3, 0.4) is 0 Å². The Labute approximate surface area is 302 Å². The highest BCUT2D eigenvalue weighted by Crippen LogP contribution is 2.25. The van der Waals surface area contributed by atoms with Crippen LogP contribution in [0.4, 0.5) is 25.8 Å². The number of carboxylic acid groups (broad SMARTS) is 2. The lowest BCUT2D eigenvalue weighted by atomic mass is 10.1. The average Bonchev–Trinajstić information content (AvgIpc) is 3.90. The van der Waals surface area contributed by atoms with Crippen LogP contribution in [0.2, 0.25) is 0 Å². The number of hydrogen-bond acceptors (Lipinski definition) is 13. The number of rotatable bonds is 14. The Morgan fingerprint density at radius 2 is 1.17 bits per heavy atom. The fraction of sp³-hybridized carbons (Fsp3) is 0.118. The van der Waals surface area contributed by atoms with Gasteiger partial charge in [0.1, 0.15) is 35.9 Å². The third kappa shape index (κ3) is 13.1. The maximum absolute atomic E-state index is 14.1. The molecule has 0 atom stereocenters. The quantitative estimate of drug-likeness (QED) is 0.0511. The molecular formula is C34H39F2N11O6. The van der Waals surface area contributed by atoms with E-state index in [9.17, 15) is 28.0 Å². The van der Waals surface area contributed by atoms with E-state index in [2.05, 4.69) is 25.9 Å². The monoisotopic (exact) mass is 735 g/mol. The van der Waals surface area contributed by atoms with Gasteiger partial charge in [-0.15, -0.1) is 0 Å². The van der Waals surface area contributed by atoms with Crippen molar-refractivity contribution in [3.8, 4) is 0 Å². The molecule has 4 aromatic rings. The summed E-state index contributed by atoms with van der Waals surface area (Å²) in [7, 11) is 3.04. The van der Waals surface area contributed by atoms with E-state index in [-0.39, 0.29) is 58.1 Å². The van der Waals surface area contributed by atoms with Crippen LogP contribution in [0, 0.1) is 11.6 Å². The molecular weight excluding hydrogens is 696 g/mol. The molecule has 0 aliphatic rings. The number of allylic oxidation sites excluding steroid dienone is 6. The lowest BCUT2D eigenvalue weighted by Crippen LogP contribution is -2.11. The first-order chi connectivity index (χ1) is 25.3. The smallest absolute Gasteiger partial charge is 0.337 e. The van der Waals surface area contributed by atoms with Crippen LogP contribution >= 0.6 is 0 Å². The fourth-order valence-corrected chi connectivity index (χ4v) is 4.06. The van der Waals surface area contributed by atoms with Crippen LogP contribution in [-0.4, -0.2) is 74.5 Å². The maximum Gasteiger partial charge on any atom is 0.337 e. The summed E-state index contributed by atoms with van der Waals surface area (Å²) in [6.45, 7) is 0.152. The molecule has 13 N–H and O–H groups in total. The zero-order valence-corrected chi connectivity index (χ0v) is 28.5. The number of halogens is 2. The third-order valence-corrected chi connectivity index (χ3v) is 6.77. The predicted octanol–water partition coefficient (Wildman–Crippen LogP) is 2.46. The Morgan fingerprint density at radius 3 is 1.57 bits per heavy atom. The molecule has 19 heteroatoms. The number of aromatic nitrogens is 4. The maximum atomic E-state index is 14.1. The van der Waals surface area contributed by atoms with E-state index in [0.717, 1.165) is 12.1 Å². The third-order valence-electron chi connectivity index (χ3n) is 6.77. The van der Waals surface area contributed by atoms with Gasteiger partial charge in [0.15, 0.2) is 12.6 Å². The van der Waals surface area contributed by atoms with Crippen molar-refractivity contribution in [3.05, 3.63) is 126 Å². The molecule has 2 aromatic carbocycles. The minimum Gasteiger partial charge on any atom is -0.478 e. The SMILES string of the molecule is CNc1cc(CCNc2cc(NC)c(C(=O)O)cc2F)c(F)cc1C(=O)O.N/C(C=O)=C\C=C(/N)n1ccnc1.N/C(C=O)=C\C=C(/N)n1ccnc1. The van der Waals surface area contributed by atoms with Crippen LogP contribution in [0.1, 0.15) is 26.3 Å². The average molecular weight is 736 g/mol. The summed E-state index contributed by atoms with van der Waals surface area (Å²) in [5.41, 5.74) is 22.4. The van der Waals surface area contributed by atoms with Crippen LogP contribution in [-0.2, 0) is 16.0 Å². The van der Waals surface area contributed by atoms with Gasteiger partial charge >= 0.3 is 11.9 Å². The van der Waals surface area contributed by atoms with Gasteiger partial charge in [-0.2, -0.15) is 0 Å². The number of anilines is 3. The Balaban J connectivity index is 0.000000311. The van der Waals surface area contributed by atoms with Gasteiger partial charge < -0.3 is 49.1 Å². The molecule has 0 radical (unpaired) electrons. The number of nitrogens with zero attached hydrogens (tertiary/aromatic N) is 4. The molecule has 53 heavy (non-hydrogen) atoms. The lowest BCUT2D eigenvalue weighted by Gasteiger charge is -2.13. The molecule has 0 saturated heterocycles. The van der Waals surface area contributed by atoms with Gasteiger partial charge in [-0.1, -0.05) is 0 Å². The number of nitrogens with two attached hydrogens (primary N) is 4. The van der Waals surface area contributed by atoms with Gasteiger partial charge in [-0.05, 0) is 60.6 Å². The number of hydrogen-bond donors (Lipinski definition) is 9. The first-order valence-electron chi connectivity index (χ1n) is 15.2. The molecule has 0 bridgehead atoms. The normalized spacial score (nSPS) is 11.6. The predicted molar refractivity (Wildman–Crippen MR) is 196 cm³/mol. The van der Waals surface area contributed by atoms with E-state index >= 15 is 0 Å². The summed E-state index contributed by atoms with van der Waals surface area (Å²) in [6.07, 6.45) is 16.9. The second-order valence-electron chi connectivity index (χ2n) is 10.3. The van der Waals surface area contributed by atoms with Crippen molar-refractivity contribution in [2.75, 3.05) is 36.6 Å². The number of benzene rings is 2. The molecule has 0 amide bonds. The highest BCUT2D eigenvalue weighted by atomic mass is 19.1. The number of carbonyl (C=O) groups is 4. The Morgan fingerprint density at radius 1 is 0.717 bits per heavy atom. The molecule has 2 heterocycles. The van der Waals surface area contributed by atoms with Crippen molar-refractivity contribution in [1.29, 1.82) is 0 Å². The zero-order chi connectivity index (χ0) is 39.5. The van der Waals surface area contributed by atoms with Crippen LogP contribution in [0.5, 0.6) is 0 Å². The molecule has 0 spiro atoms. The van der Waals surface area contributed by atoms with Crippen molar-refractivity contribution < 1.29 is 38.2 Å². The number of aldehydes is 2. The second-order valence-corrected chi connectivity index (χ2v) is 10.3. The van der Waals surface area contributed by atoms with Gasteiger partial charge in [0.25, 0.3) is 0 Å². The molecule has 0 unspecified atom stereocenters. The van der Waals surface area contributed by atoms with Gasteiger partial charge in [-0.3, -0.25) is 18.7 Å². The van der Waals surface area contributed by atoms with Gasteiger partial charge in [-0.25, -0.2) is 28.3 Å². The van der Waals surface area contributed by atoms with E-state index in [4.69, 9.17) is 33.1 Å². The van der Waals surface area contributed by atoms with E-state index < -0.39 is 23.6 Å². The van der Waals surface area contributed by atoms with Gasteiger partial charge in [0.05, 0.1) is 33.9 Å². The van der Waals surface area contributed by atoms with Crippen molar-refractivity contribution in [1.82, 2.24) is 19.1 Å². The molecule has 0 aliphatic carbocycles. The largest absolute Gasteiger partial charge is 0.478 e. The Hall–Kier alpha value is -7.44. The minimum absolute atomic E-state index is 0.0701. The highest BCUT2D eigenvalue weighted by Gasteiger charge is 2.16. The van der Waals surface area contributed by atoms with Crippen LogP contribution in [0.15, 0.2) is 97.4 Å². The standard InChI is InChI=1S/C18H19F2N3O4.2C8H10N4O/c1-21-14-5-9(12(19)6-10(14)17(24)25)3-4-23-16-8-15(22-2)11(18(26)27)7-13(16)20;2*9-7(5-13)1-2-8(10)12-4-3-11-6-12/h5-8,21-23H,3-4H2,1-2H3,(H,24,25)(H,26,27);2*1-6H,9-10H2/b;2*7-1-,8-2+. The Kier molecular flexibility index (Phi) is 16.5.